The molecule has 0 spiro atoms. The Hall–Kier alpha value is -4.07. The third-order valence-electron chi connectivity index (χ3n) is 4.60. The van der Waals surface area contributed by atoms with Crippen molar-refractivity contribution in [3.8, 4) is 17.2 Å². The molecule has 2 aromatic carbocycles. The topological polar surface area (TPSA) is 92.5 Å². The number of furan rings is 1. The van der Waals surface area contributed by atoms with Gasteiger partial charge in [-0.05, 0) is 42.5 Å². The van der Waals surface area contributed by atoms with Gasteiger partial charge in [-0.3, -0.25) is 4.57 Å². The summed E-state index contributed by atoms with van der Waals surface area (Å²) in [7, 11) is 1.62. The van der Waals surface area contributed by atoms with Gasteiger partial charge >= 0.3 is 5.63 Å². The SMILES string of the molecule is COc1ccc(-n2cnnc2COc2c3occc3cc3ccc(=O)oc23)cc1. The van der Waals surface area contributed by atoms with E-state index in [0.717, 1.165) is 22.2 Å². The molecule has 5 rings (SSSR count). The van der Waals surface area contributed by atoms with Crippen LogP contribution in [0.5, 0.6) is 11.5 Å². The minimum absolute atomic E-state index is 0.0968. The van der Waals surface area contributed by atoms with Crippen molar-refractivity contribution in [2.75, 3.05) is 7.11 Å². The van der Waals surface area contributed by atoms with Gasteiger partial charge in [0, 0.05) is 22.5 Å². The summed E-state index contributed by atoms with van der Waals surface area (Å²) >= 11 is 0. The minimum Gasteiger partial charge on any atom is -0.497 e. The van der Waals surface area contributed by atoms with E-state index in [2.05, 4.69) is 10.2 Å². The quantitative estimate of drug-likeness (QED) is 0.423. The lowest BCUT2D eigenvalue weighted by molar-refractivity contribution is 0.291. The third-order valence-corrected chi connectivity index (χ3v) is 4.60. The first-order valence-corrected chi connectivity index (χ1v) is 8.83. The summed E-state index contributed by atoms with van der Waals surface area (Å²) in [5, 5.41) is 9.72. The summed E-state index contributed by atoms with van der Waals surface area (Å²) in [6, 6.07) is 14.3. The van der Waals surface area contributed by atoms with Crippen LogP contribution < -0.4 is 15.1 Å². The molecule has 5 aromatic rings. The summed E-state index contributed by atoms with van der Waals surface area (Å²) in [4.78, 5) is 11.7. The summed E-state index contributed by atoms with van der Waals surface area (Å²) < 4.78 is 24.0. The molecule has 0 atom stereocenters. The highest BCUT2D eigenvalue weighted by atomic mass is 16.5. The molecule has 0 amide bonds. The van der Waals surface area contributed by atoms with Crippen LogP contribution in [0.3, 0.4) is 0 Å². The molecule has 0 unspecified atom stereocenters. The number of ether oxygens (including phenoxy) is 2. The number of hydrogen-bond donors (Lipinski definition) is 0. The number of benzene rings is 2. The van der Waals surface area contributed by atoms with Crippen molar-refractivity contribution in [3.05, 3.63) is 77.4 Å². The van der Waals surface area contributed by atoms with Gasteiger partial charge in [0.05, 0.1) is 13.4 Å². The first kappa shape index (κ1) is 17.1. The molecule has 0 fully saturated rings. The van der Waals surface area contributed by atoms with Gasteiger partial charge in [-0.2, -0.15) is 0 Å². The van der Waals surface area contributed by atoms with Crippen molar-refractivity contribution in [3.63, 3.8) is 0 Å². The van der Waals surface area contributed by atoms with Gasteiger partial charge in [-0.15, -0.1) is 10.2 Å². The van der Waals surface area contributed by atoms with E-state index in [0.29, 0.717) is 22.7 Å². The average Bonchev–Trinajstić information content (AvgIpc) is 3.41. The molecule has 0 N–H and O–H groups in total. The van der Waals surface area contributed by atoms with E-state index in [9.17, 15) is 4.79 Å². The number of rotatable bonds is 5. The van der Waals surface area contributed by atoms with Crippen LogP contribution in [0.1, 0.15) is 5.82 Å². The fraction of sp³-hybridized carbons (Fsp3) is 0.0952. The first-order valence-electron chi connectivity index (χ1n) is 8.83. The largest absolute Gasteiger partial charge is 0.497 e. The maximum absolute atomic E-state index is 11.7. The van der Waals surface area contributed by atoms with Gasteiger partial charge in [0.1, 0.15) is 18.7 Å². The normalized spacial score (nSPS) is 11.2. The van der Waals surface area contributed by atoms with Crippen molar-refractivity contribution < 1.29 is 18.3 Å². The second-order valence-corrected chi connectivity index (χ2v) is 6.32. The van der Waals surface area contributed by atoms with Gasteiger partial charge in [0.25, 0.3) is 0 Å². The highest BCUT2D eigenvalue weighted by molar-refractivity contribution is 5.99. The van der Waals surface area contributed by atoms with Crippen LogP contribution in [0, 0.1) is 0 Å². The molecule has 0 aliphatic heterocycles. The van der Waals surface area contributed by atoms with Crippen LogP contribution in [0.15, 0.2) is 74.8 Å². The zero-order valence-corrected chi connectivity index (χ0v) is 15.4. The van der Waals surface area contributed by atoms with Crippen molar-refractivity contribution in [1.82, 2.24) is 14.8 Å². The zero-order valence-electron chi connectivity index (χ0n) is 15.4. The predicted octanol–water partition coefficient (Wildman–Crippen LogP) is 3.71. The van der Waals surface area contributed by atoms with E-state index in [1.807, 2.05) is 36.4 Å². The van der Waals surface area contributed by atoms with Gasteiger partial charge in [0.15, 0.2) is 17.0 Å². The Balaban J connectivity index is 1.53. The van der Waals surface area contributed by atoms with E-state index in [1.165, 1.54) is 6.07 Å². The monoisotopic (exact) mass is 389 g/mol. The molecule has 0 aliphatic rings. The fourth-order valence-electron chi connectivity index (χ4n) is 3.19. The average molecular weight is 389 g/mol. The number of hydrogen-bond acceptors (Lipinski definition) is 7. The van der Waals surface area contributed by atoms with Crippen LogP contribution in [-0.4, -0.2) is 21.9 Å². The van der Waals surface area contributed by atoms with Crippen molar-refractivity contribution in [2.45, 2.75) is 6.61 Å². The summed E-state index contributed by atoms with van der Waals surface area (Å²) in [5.74, 6) is 1.68. The Morgan fingerprint density at radius 2 is 1.86 bits per heavy atom. The Morgan fingerprint density at radius 1 is 1.03 bits per heavy atom. The molecule has 0 aliphatic carbocycles. The second kappa shape index (κ2) is 6.83. The Labute approximate surface area is 163 Å². The zero-order chi connectivity index (χ0) is 19.8. The third kappa shape index (κ3) is 3.00. The molecular weight excluding hydrogens is 374 g/mol. The summed E-state index contributed by atoms with van der Waals surface area (Å²) in [6.45, 7) is 0.0968. The molecule has 144 valence electrons. The standard InChI is InChI=1S/C21H15N3O5/c1-26-16-5-3-15(4-6-16)24-12-22-23-17(24)11-28-21-19-14(8-9-27-19)10-13-2-7-18(25)29-20(13)21/h2-10,12H,11H2,1H3. The molecule has 0 radical (unpaired) electrons. The van der Waals surface area contributed by atoms with Crippen molar-refractivity contribution in [1.29, 1.82) is 0 Å². The molecule has 0 bridgehead atoms. The molecule has 3 heterocycles. The van der Waals surface area contributed by atoms with Crippen LogP contribution in [0.25, 0.3) is 27.6 Å². The molecule has 8 nitrogen and oxygen atoms in total. The van der Waals surface area contributed by atoms with Crippen LogP contribution in [0.4, 0.5) is 0 Å². The minimum atomic E-state index is -0.463. The lowest BCUT2D eigenvalue weighted by Crippen LogP contribution is -2.06. The van der Waals surface area contributed by atoms with E-state index >= 15 is 0 Å². The number of methoxy groups -OCH3 is 1. The van der Waals surface area contributed by atoms with Crippen LogP contribution >= 0.6 is 0 Å². The molecule has 8 heteroatoms. The highest BCUT2D eigenvalue weighted by Gasteiger charge is 2.16. The molecule has 0 saturated heterocycles. The van der Waals surface area contributed by atoms with Gasteiger partial charge < -0.3 is 18.3 Å². The van der Waals surface area contributed by atoms with E-state index in [1.54, 1.807) is 30.3 Å². The summed E-state index contributed by atoms with van der Waals surface area (Å²) in [5.41, 5.74) is 1.23. The maximum atomic E-state index is 11.7. The fourth-order valence-corrected chi connectivity index (χ4v) is 3.19. The lowest BCUT2D eigenvalue weighted by Gasteiger charge is -2.10. The summed E-state index contributed by atoms with van der Waals surface area (Å²) in [6.07, 6.45) is 3.17. The van der Waals surface area contributed by atoms with Gasteiger partial charge in [0.2, 0.25) is 5.75 Å². The van der Waals surface area contributed by atoms with Gasteiger partial charge in [-0.25, -0.2) is 4.79 Å². The Kier molecular flexibility index (Phi) is 4.02. The number of fused-ring (bicyclic) bond motifs is 2. The van der Waals surface area contributed by atoms with Crippen molar-refractivity contribution >= 4 is 21.9 Å². The molecule has 29 heavy (non-hydrogen) atoms. The number of aromatic nitrogens is 3. The second-order valence-electron chi connectivity index (χ2n) is 6.32. The Morgan fingerprint density at radius 3 is 2.69 bits per heavy atom. The number of nitrogens with zero attached hydrogens (tertiary/aromatic N) is 3. The lowest BCUT2D eigenvalue weighted by atomic mass is 10.1. The van der Waals surface area contributed by atoms with Crippen LogP contribution in [0.2, 0.25) is 0 Å². The Bertz CT molecular complexity index is 1360. The van der Waals surface area contributed by atoms with Crippen molar-refractivity contribution in [2.24, 2.45) is 0 Å². The molecular formula is C21H15N3O5. The molecule has 0 saturated carbocycles. The van der Waals surface area contributed by atoms with E-state index in [-0.39, 0.29) is 6.61 Å². The van der Waals surface area contributed by atoms with Crippen LogP contribution in [-0.2, 0) is 6.61 Å². The highest BCUT2D eigenvalue weighted by Crippen LogP contribution is 2.35. The van der Waals surface area contributed by atoms with Gasteiger partial charge in [-0.1, -0.05) is 0 Å². The predicted molar refractivity (Wildman–Crippen MR) is 104 cm³/mol. The molecule has 3 aromatic heterocycles. The first-order chi connectivity index (χ1) is 14.2. The van der Waals surface area contributed by atoms with E-state index < -0.39 is 5.63 Å². The van der Waals surface area contributed by atoms with E-state index in [4.69, 9.17) is 18.3 Å². The maximum Gasteiger partial charge on any atom is 0.336 e. The smallest absolute Gasteiger partial charge is 0.336 e.